The summed E-state index contributed by atoms with van der Waals surface area (Å²) in [7, 11) is 0. The number of rotatable bonds is 11. The van der Waals surface area contributed by atoms with Gasteiger partial charge in [-0.3, -0.25) is 4.79 Å². The molecule has 2 heteroatoms. The van der Waals surface area contributed by atoms with Gasteiger partial charge >= 0.3 is 0 Å². The Morgan fingerprint density at radius 2 is 1.47 bits per heavy atom. The molecule has 0 bridgehead atoms. The van der Waals surface area contributed by atoms with Crippen LogP contribution < -0.4 is 5.32 Å². The van der Waals surface area contributed by atoms with Gasteiger partial charge in [0.05, 0.1) is 5.92 Å². The molecule has 2 nitrogen and oxygen atoms in total. The summed E-state index contributed by atoms with van der Waals surface area (Å²) in [6.45, 7) is 3.19. The highest BCUT2D eigenvalue weighted by atomic mass is 16.2. The SMILES string of the molecule is CCCCCCCCCCCCC1CNC1=O. The first-order valence-corrected chi connectivity index (χ1v) is 7.62. The quantitative estimate of drug-likeness (QED) is 0.428. The maximum Gasteiger partial charge on any atom is 0.224 e. The number of hydrogen-bond acceptors (Lipinski definition) is 1. The third-order valence-electron chi connectivity index (χ3n) is 3.80. The van der Waals surface area contributed by atoms with Crippen LogP contribution in [0.4, 0.5) is 0 Å². The van der Waals surface area contributed by atoms with Crippen LogP contribution in [-0.4, -0.2) is 12.5 Å². The molecule has 0 aliphatic carbocycles. The minimum atomic E-state index is 0.279. The number of nitrogens with one attached hydrogen (secondary N) is 1. The van der Waals surface area contributed by atoms with Crippen LogP contribution in [0.25, 0.3) is 0 Å². The number of carbonyl (C=O) groups is 1. The molecule has 1 atom stereocenters. The van der Waals surface area contributed by atoms with E-state index in [0.29, 0.717) is 5.92 Å². The van der Waals surface area contributed by atoms with Crippen LogP contribution in [0, 0.1) is 5.92 Å². The van der Waals surface area contributed by atoms with Gasteiger partial charge in [-0.15, -0.1) is 0 Å². The van der Waals surface area contributed by atoms with E-state index in [2.05, 4.69) is 12.2 Å². The minimum absolute atomic E-state index is 0.279. The van der Waals surface area contributed by atoms with Crippen LogP contribution in [0.3, 0.4) is 0 Å². The Morgan fingerprint density at radius 3 is 1.88 bits per heavy atom. The van der Waals surface area contributed by atoms with E-state index in [1.165, 1.54) is 64.2 Å². The van der Waals surface area contributed by atoms with E-state index < -0.39 is 0 Å². The predicted octanol–water partition coefficient (Wildman–Crippen LogP) is 4.04. The van der Waals surface area contributed by atoms with E-state index in [9.17, 15) is 4.79 Å². The molecule has 1 saturated heterocycles. The molecule has 0 aromatic carbocycles. The largest absolute Gasteiger partial charge is 0.355 e. The molecule has 1 aliphatic heterocycles. The third kappa shape index (κ3) is 6.70. The topological polar surface area (TPSA) is 29.1 Å². The van der Waals surface area contributed by atoms with E-state index in [0.717, 1.165) is 13.0 Å². The Morgan fingerprint density at radius 1 is 0.941 bits per heavy atom. The van der Waals surface area contributed by atoms with Gasteiger partial charge in [-0.1, -0.05) is 71.1 Å². The Bertz CT molecular complexity index is 203. The molecule has 0 spiro atoms. The summed E-state index contributed by atoms with van der Waals surface area (Å²) in [6.07, 6.45) is 14.9. The van der Waals surface area contributed by atoms with Crippen molar-refractivity contribution >= 4 is 5.91 Å². The van der Waals surface area contributed by atoms with Crippen molar-refractivity contribution in [2.75, 3.05) is 6.54 Å². The van der Waals surface area contributed by atoms with Gasteiger partial charge in [-0.25, -0.2) is 0 Å². The van der Waals surface area contributed by atoms with Crippen LogP contribution in [0.1, 0.15) is 77.6 Å². The van der Waals surface area contributed by atoms with Crippen LogP contribution in [0.2, 0.25) is 0 Å². The number of unbranched alkanes of at least 4 members (excludes halogenated alkanes) is 9. The summed E-state index contributed by atoms with van der Waals surface area (Å²) in [6, 6.07) is 0. The molecule has 0 aromatic heterocycles. The number of amides is 1. The van der Waals surface area contributed by atoms with E-state index in [4.69, 9.17) is 0 Å². The molecule has 1 unspecified atom stereocenters. The normalized spacial score (nSPS) is 18.9. The predicted molar refractivity (Wildman–Crippen MR) is 73.0 cm³/mol. The molecule has 1 amide bonds. The second kappa shape index (κ2) is 9.49. The molecule has 100 valence electrons. The second-order valence-corrected chi connectivity index (χ2v) is 5.41. The molecule has 1 N–H and O–H groups in total. The van der Waals surface area contributed by atoms with Crippen molar-refractivity contribution in [3.05, 3.63) is 0 Å². The zero-order valence-corrected chi connectivity index (χ0v) is 11.5. The molecule has 1 rings (SSSR count). The average Bonchev–Trinajstić information content (AvgIpc) is 2.34. The summed E-state index contributed by atoms with van der Waals surface area (Å²) < 4.78 is 0. The monoisotopic (exact) mass is 239 g/mol. The van der Waals surface area contributed by atoms with Crippen LogP contribution in [0.15, 0.2) is 0 Å². The first-order chi connectivity index (χ1) is 8.34. The fourth-order valence-corrected chi connectivity index (χ4v) is 2.44. The maximum absolute atomic E-state index is 11.0. The Kier molecular flexibility index (Phi) is 8.12. The summed E-state index contributed by atoms with van der Waals surface area (Å²) >= 11 is 0. The van der Waals surface area contributed by atoms with Gasteiger partial charge in [0.25, 0.3) is 0 Å². The maximum atomic E-state index is 11.0. The molecule has 0 radical (unpaired) electrons. The summed E-state index contributed by atoms with van der Waals surface area (Å²) in [5.41, 5.74) is 0. The Labute approximate surface area is 107 Å². The number of carbonyl (C=O) groups excluding carboxylic acids is 1. The van der Waals surface area contributed by atoms with Crippen LogP contribution in [-0.2, 0) is 4.79 Å². The van der Waals surface area contributed by atoms with Crippen molar-refractivity contribution in [2.24, 2.45) is 5.92 Å². The van der Waals surface area contributed by atoms with Crippen LogP contribution in [0.5, 0.6) is 0 Å². The smallest absolute Gasteiger partial charge is 0.224 e. The number of hydrogen-bond donors (Lipinski definition) is 1. The highest BCUT2D eigenvalue weighted by Crippen LogP contribution is 2.16. The molecule has 0 aromatic rings. The van der Waals surface area contributed by atoms with Crippen molar-refractivity contribution in [3.63, 3.8) is 0 Å². The van der Waals surface area contributed by atoms with Gasteiger partial charge in [0.1, 0.15) is 0 Å². The number of β-lactam (4-membered cyclic amide) rings is 1. The Balaban J connectivity index is 1.71. The van der Waals surface area contributed by atoms with Gasteiger partial charge in [0.15, 0.2) is 0 Å². The zero-order valence-electron chi connectivity index (χ0n) is 11.5. The van der Waals surface area contributed by atoms with E-state index >= 15 is 0 Å². The summed E-state index contributed by atoms with van der Waals surface area (Å²) in [5, 5.41) is 2.81. The highest BCUT2D eigenvalue weighted by Gasteiger charge is 2.26. The van der Waals surface area contributed by atoms with Crippen molar-refractivity contribution in [1.82, 2.24) is 5.32 Å². The first-order valence-electron chi connectivity index (χ1n) is 7.62. The lowest BCUT2D eigenvalue weighted by atomic mass is 9.94. The molecule has 1 heterocycles. The van der Waals surface area contributed by atoms with Crippen molar-refractivity contribution in [1.29, 1.82) is 0 Å². The molecular weight excluding hydrogens is 210 g/mol. The summed E-state index contributed by atoms with van der Waals surface area (Å²) in [4.78, 5) is 11.0. The van der Waals surface area contributed by atoms with Gasteiger partial charge < -0.3 is 5.32 Å². The molecule has 17 heavy (non-hydrogen) atoms. The fraction of sp³-hybridized carbons (Fsp3) is 0.933. The standard InChI is InChI=1S/C15H29NO/c1-2-3-4-5-6-7-8-9-10-11-12-14-13-16-15(14)17/h14H,2-13H2,1H3,(H,16,17). The minimum Gasteiger partial charge on any atom is -0.355 e. The van der Waals surface area contributed by atoms with Crippen molar-refractivity contribution < 1.29 is 4.79 Å². The average molecular weight is 239 g/mol. The fourth-order valence-electron chi connectivity index (χ4n) is 2.44. The first kappa shape index (κ1) is 14.5. The van der Waals surface area contributed by atoms with E-state index in [1.807, 2.05) is 0 Å². The summed E-state index contributed by atoms with van der Waals surface area (Å²) in [5.74, 6) is 0.630. The van der Waals surface area contributed by atoms with Gasteiger partial charge in [-0.05, 0) is 6.42 Å². The van der Waals surface area contributed by atoms with E-state index in [-0.39, 0.29) is 5.91 Å². The van der Waals surface area contributed by atoms with Crippen molar-refractivity contribution in [3.8, 4) is 0 Å². The lowest BCUT2D eigenvalue weighted by Crippen LogP contribution is -2.48. The van der Waals surface area contributed by atoms with E-state index in [1.54, 1.807) is 0 Å². The molecule has 1 aliphatic rings. The third-order valence-corrected chi connectivity index (χ3v) is 3.80. The van der Waals surface area contributed by atoms with Crippen molar-refractivity contribution in [2.45, 2.75) is 77.6 Å². The van der Waals surface area contributed by atoms with Gasteiger partial charge in [0, 0.05) is 6.54 Å². The molecule has 1 fully saturated rings. The van der Waals surface area contributed by atoms with Gasteiger partial charge in [-0.2, -0.15) is 0 Å². The highest BCUT2D eigenvalue weighted by molar-refractivity contribution is 5.84. The molecule has 0 saturated carbocycles. The second-order valence-electron chi connectivity index (χ2n) is 5.41. The lowest BCUT2D eigenvalue weighted by Gasteiger charge is -2.25. The van der Waals surface area contributed by atoms with Crippen LogP contribution >= 0.6 is 0 Å². The Hall–Kier alpha value is -0.530. The lowest BCUT2D eigenvalue weighted by molar-refractivity contribution is -0.131. The molecular formula is C15H29NO. The van der Waals surface area contributed by atoms with Gasteiger partial charge in [0.2, 0.25) is 5.91 Å². The zero-order chi connectivity index (χ0) is 12.3.